The summed E-state index contributed by atoms with van der Waals surface area (Å²) in [4.78, 5) is 4.50. The molecule has 1 atom stereocenters. The maximum Gasteiger partial charge on any atom is 0.0941 e. The number of nitrogens with zero attached hydrogens (tertiary/aromatic N) is 1. The molecule has 1 aromatic rings. The standard InChI is InChI=1S/C11H21N3S/c1-3-9(2)6-13-7-10-8-15-11(14-10)4-5-12/h8-9,13H,3-7,12H2,1-2H3. The Balaban J connectivity index is 2.25. The van der Waals surface area contributed by atoms with Crippen molar-refractivity contribution >= 4 is 11.3 Å². The van der Waals surface area contributed by atoms with Crippen LogP contribution in [0, 0.1) is 5.92 Å². The molecule has 3 N–H and O–H groups in total. The molecule has 0 aromatic carbocycles. The lowest BCUT2D eigenvalue weighted by molar-refractivity contribution is 0.497. The summed E-state index contributed by atoms with van der Waals surface area (Å²) < 4.78 is 0. The fourth-order valence-electron chi connectivity index (χ4n) is 1.26. The van der Waals surface area contributed by atoms with Gasteiger partial charge in [-0.2, -0.15) is 0 Å². The maximum atomic E-state index is 5.48. The van der Waals surface area contributed by atoms with Gasteiger partial charge in [-0.05, 0) is 19.0 Å². The third-order valence-electron chi connectivity index (χ3n) is 2.45. The van der Waals surface area contributed by atoms with Crippen molar-refractivity contribution in [1.29, 1.82) is 0 Å². The van der Waals surface area contributed by atoms with Crippen LogP contribution in [0.2, 0.25) is 0 Å². The van der Waals surface area contributed by atoms with E-state index in [1.54, 1.807) is 11.3 Å². The fraction of sp³-hybridized carbons (Fsp3) is 0.727. The smallest absolute Gasteiger partial charge is 0.0941 e. The molecule has 3 nitrogen and oxygen atoms in total. The molecule has 1 heterocycles. The molecule has 0 fully saturated rings. The van der Waals surface area contributed by atoms with Crippen LogP contribution >= 0.6 is 11.3 Å². The topological polar surface area (TPSA) is 50.9 Å². The first-order valence-electron chi connectivity index (χ1n) is 5.60. The second-order valence-corrected chi connectivity index (χ2v) is 4.86. The van der Waals surface area contributed by atoms with Crippen molar-refractivity contribution in [2.75, 3.05) is 13.1 Å². The van der Waals surface area contributed by atoms with Crippen molar-refractivity contribution < 1.29 is 0 Å². The molecule has 0 aliphatic rings. The van der Waals surface area contributed by atoms with Crippen molar-refractivity contribution in [1.82, 2.24) is 10.3 Å². The lowest BCUT2D eigenvalue weighted by Gasteiger charge is -2.08. The summed E-state index contributed by atoms with van der Waals surface area (Å²) in [5.74, 6) is 0.743. The molecule has 0 amide bonds. The molecule has 1 unspecified atom stereocenters. The molecule has 86 valence electrons. The number of nitrogens with two attached hydrogens (primary N) is 1. The molecule has 0 aliphatic heterocycles. The number of rotatable bonds is 7. The minimum atomic E-state index is 0.688. The summed E-state index contributed by atoms with van der Waals surface area (Å²) in [6, 6.07) is 0. The Morgan fingerprint density at radius 1 is 1.60 bits per heavy atom. The van der Waals surface area contributed by atoms with E-state index in [9.17, 15) is 0 Å². The molecular weight excluding hydrogens is 206 g/mol. The van der Waals surface area contributed by atoms with E-state index in [2.05, 4.69) is 29.5 Å². The molecule has 15 heavy (non-hydrogen) atoms. The van der Waals surface area contributed by atoms with Crippen LogP contribution < -0.4 is 11.1 Å². The maximum absolute atomic E-state index is 5.48. The van der Waals surface area contributed by atoms with Crippen molar-refractivity contribution in [3.63, 3.8) is 0 Å². The Morgan fingerprint density at radius 3 is 3.07 bits per heavy atom. The number of thiazole rings is 1. The number of aromatic nitrogens is 1. The zero-order chi connectivity index (χ0) is 11.1. The molecule has 1 aromatic heterocycles. The Hall–Kier alpha value is -0.450. The summed E-state index contributed by atoms with van der Waals surface area (Å²) in [5, 5.41) is 6.69. The van der Waals surface area contributed by atoms with Gasteiger partial charge in [0.1, 0.15) is 0 Å². The van der Waals surface area contributed by atoms with Gasteiger partial charge in [0.25, 0.3) is 0 Å². The third kappa shape index (κ3) is 4.73. The highest BCUT2D eigenvalue weighted by Crippen LogP contribution is 2.09. The average Bonchev–Trinajstić information content (AvgIpc) is 2.66. The lowest BCUT2D eigenvalue weighted by atomic mass is 10.1. The van der Waals surface area contributed by atoms with E-state index in [-0.39, 0.29) is 0 Å². The molecular formula is C11H21N3S. The monoisotopic (exact) mass is 227 g/mol. The van der Waals surface area contributed by atoms with E-state index in [1.165, 1.54) is 6.42 Å². The zero-order valence-corrected chi connectivity index (χ0v) is 10.4. The molecule has 0 bridgehead atoms. The Bertz CT molecular complexity index is 273. The van der Waals surface area contributed by atoms with Gasteiger partial charge in [-0.1, -0.05) is 20.3 Å². The molecule has 0 aliphatic carbocycles. The SMILES string of the molecule is CCC(C)CNCc1csc(CCN)n1. The molecule has 0 spiro atoms. The quantitative estimate of drug-likeness (QED) is 0.746. The van der Waals surface area contributed by atoms with Crippen LogP contribution in [0.1, 0.15) is 31.0 Å². The summed E-state index contributed by atoms with van der Waals surface area (Å²) in [5.41, 5.74) is 6.62. The highest BCUT2D eigenvalue weighted by atomic mass is 32.1. The van der Waals surface area contributed by atoms with Crippen molar-refractivity contribution in [3.05, 3.63) is 16.1 Å². The summed E-state index contributed by atoms with van der Waals surface area (Å²) in [6.45, 7) is 7.11. The van der Waals surface area contributed by atoms with E-state index in [1.807, 2.05) is 0 Å². The van der Waals surface area contributed by atoms with Crippen LogP contribution in [0.4, 0.5) is 0 Å². The first kappa shape index (κ1) is 12.6. The predicted octanol–water partition coefficient (Wildman–Crippen LogP) is 1.78. The number of nitrogens with one attached hydrogen (secondary N) is 1. The van der Waals surface area contributed by atoms with E-state index in [0.29, 0.717) is 6.54 Å². The van der Waals surface area contributed by atoms with Crippen molar-refractivity contribution in [2.45, 2.75) is 33.2 Å². The lowest BCUT2D eigenvalue weighted by Crippen LogP contribution is -2.20. The van der Waals surface area contributed by atoms with Gasteiger partial charge < -0.3 is 11.1 Å². The minimum absolute atomic E-state index is 0.688. The molecule has 0 saturated heterocycles. The normalized spacial score (nSPS) is 13.0. The Kier molecular flexibility index (Phi) is 5.83. The van der Waals surface area contributed by atoms with Gasteiger partial charge in [-0.15, -0.1) is 11.3 Å². The summed E-state index contributed by atoms with van der Waals surface area (Å²) in [6.07, 6.45) is 2.12. The highest BCUT2D eigenvalue weighted by molar-refractivity contribution is 7.09. The van der Waals surface area contributed by atoms with Crippen LogP contribution in [0.3, 0.4) is 0 Å². The number of hydrogen-bond donors (Lipinski definition) is 2. The highest BCUT2D eigenvalue weighted by Gasteiger charge is 2.02. The third-order valence-corrected chi connectivity index (χ3v) is 3.41. The second kappa shape index (κ2) is 6.93. The van der Waals surface area contributed by atoms with Crippen LogP contribution in [-0.2, 0) is 13.0 Å². The van der Waals surface area contributed by atoms with Gasteiger partial charge >= 0.3 is 0 Å². The Labute approximate surface area is 96.1 Å². The molecule has 1 rings (SSSR count). The predicted molar refractivity (Wildman–Crippen MR) is 66.0 cm³/mol. The fourth-order valence-corrected chi connectivity index (χ4v) is 2.07. The van der Waals surface area contributed by atoms with Gasteiger partial charge in [0.15, 0.2) is 0 Å². The van der Waals surface area contributed by atoms with E-state index >= 15 is 0 Å². The zero-order valence-electron chi connectivity index (χ0n) is 9.62. The van der Waals surface area contributed by atoms with Gasteiger partial charge in [-0.3, -0.25) is 0 Å². The Morgan fingerprint density at radius 2 is 2.40 bits per heavy atom. The van der Waals surface area contributed by atoms with E-state index < -0.39 is 0 Å². The molecule has 4 heteroatoms. The van der Waals surface area contributed by atoms with Crippen molar-refractivity contribution in [2.24, 2.45) is 11.7 Å². The average molecular weight is 227 g/mol. The largest absolute Gasteiger partial charge is 0.330 e. The summed E-state index contributed by atoms with van der Waals surface area (Å²) >= 11 is 1.71. The van der Waals surface area contributed by atoms with Crippen LogP contribution in [0.25, 0.3) is 0 Å². The van der Waals surface area contributed by atoms with Gasteiger partial charge in [-0.25, -0.2) is 4.98 Å². The van der Waals surface area contributed by atoms with Crippen molar-refractivity contribution in [3.8, 4) is 0 Å². The van der Waals surface area contributed by atoms with E-state index in [4.69, 9.17) is 5.73 Å². The molecule has 0 radical (unpaired) electrons. The number of hydrogen-bond acceptors (Lipinski definition) is 4. The van der Waals surface area contributed by atoms with Crippen LogP contribution in [0.15, 0.2) is 5.38 Å². The van der Waals surface area contributed by atoms with Gasteiger partial charge in [0, 0.05) is 18.3 Å². The summed E-state index contributed by atoms with van der Waals surface area (Å²) in [7, 11) is 0. The van der Waals surface area contributed by atoms with Crippen LogP contribution in [0.5, 0.6) is 0 Å². The minimum Gasteiger partial charge on any atom is -0.330 e. The van der Waals surface area contributed by atoms with Gasteiger partial charge in [0.2, 0.25) is 0 Å². The van der Waals surface area contributed by atoms with Crippen LogP contribution in [-0.4, -0.2) is 18.1 Å². The van der Waals surface area contributed by atoms with E-state index in [0.717, 1.165) is 36.1 Å². The second-order valence-electron chi connectivity index (χ2n) is 3.92. The first-order valence-corrected chi connectivity index (χ1v) is 6.48. The molecule has 0 saturated carbocycles. The van der Waals surface area contributed by atoms with Gasteiger partial charge in [0.05, 0.1) is 10.7 Å². The first-order chi connectivity index (χ1) is 7.26.